The summed E-state index contributed by atoms with van der Waals surface area (Å²) in [5.74, 6) is -1.01. The average Bonchev–Trinajstić information content (AvgIpc) is 2.40. The van der Waals surface area contributed by atoms with Gasteiger partial charge < -0.3 is 20.9 Å². The number of esters is 1. The van der Waals surface area contributed by atoms with Crippen LogP contribution in [-0.2, 0) is 20.7 Å². The van der Waals surface area contributed by atoms with Gasteiger partial charge in [-0.3, -0.25) is 4.79 Å². The maximum atomic E-state index is 11.6. The summed E-state index contributed by atoms with van der Waals surface area (Å²) < 4.78 is 4.60. The molecule has 6 heteroatoms. The van der Waals surface area contributed by atoms with Crippen LogP contribution in [0.25, 0.3) is 6.08 Å². The lowest BCUT2D eigenvalue weighted by Gasteiger charge is -2.08. The van der Waals surface area contributed by atoms with Crippen molar-refractivity contribution in [2.75, 3.05) is 19.5 Å². The lowest BCUT2D eigenvalue weighted by atomic mass is 10.1. The largest absolute Gasteiger partial charge is 0.464 e. The summed E-state index contributed by atoms with van der Waals surface area (Å²) in [4.78, 5) is 22.6. The first-order chi connectivity index (χ1) is 9.47. The number of nitrogens with two attached hydrogens (primary N) is 1. The minimum atomic E-state index is -0.638. The lowest BCUT2D eigenvalue weighted by Crippen LogP contribution is -2.25. The fourth-order valence-corrected chi connectivity index (χ4v) is 1.66. The van der Waals surface area contributed by atoms with E-state index in [1.807, 2.05) is 0 Å². The summed E-state index contributed by atoms with van der Waals surface area (Å²) in [6, 6.07) is 5.14. The van der Waals surface area contributed by atoms with E-state index in [2.05, 4.69) is 10.1 Å². The van der Waals surface area contributed by atoms with E-state index in [0.29, 0.717) is 17.7 Å². The number of anilines is 1. The molecule has 0 radical (unpaired) electrons. The van der Waals surface area contributed by atoms with Crippen LogP contribution in [0.15, 0.2) is 23.9 Å². The average molecular weight is 278 g/mol. The number of carbonyl (C=O) groups is 2. The highest BCUT2D eigenvalue weighted by Crippen LogP contribution is 2.17. The molecule has 0 atom stereocenters. The molecule has 0 saturated carbocycles. The first-order valence-corrected chi connectivity index (χ1v) is 6.04. The number of ether oxygens (including phenoxy) is 1. The molecule has 0 aliphatic carbocycles. The number of rotatable bonds is 5. The van der Waals surface area contributed by atoms with Gasteiger partial charge in [0.2, 0.25) is 5.91 Å². The molecular formula is C14H18N2O4. The highest BCUT2D eigenvalue weighted by Gasteiger charge is 2.11. The van der Waals surface area contributed by atoms with Crippen molar-refractivity contribution in [1.29, 1.82) is 0 Å². The molecule has 0 spiro atoms. The number of carbonyl (C=O) groups excluding carboxylic acids is 2. The number of hydrogen-bond donors (Lipinski definition) is 3. The highest BCUT2D eigenvalue weighted by atomic mass is 16.5. The predicted octanol–water partition coefficient (Wildman–Crippen LogP) is 0.454. The van der Waals surface area contributed by atoms with E-state index in [9.17, 15) is 9.59 Å². The van der Waals surface area contributed by atoms with E-state index in [0.717, 1.165) is 5.56 Å². The maximum Gasteiger partial charge on any atom is 0.354 e. The smallest absolute Gasteiger partial charge is 0.354 e. The molecule has 0 aromatic heterocycles. The Labute approximate surface area is 117 Å². The van der Waals surface area contributed by atoms with Gasteiger partial charge in [0.05, 0.1) is 7.11 Å². The monoisotopic (exact) mass is 278 g/mol. The second-order valence-corrected chi connectivity index (χ2v) is 4.16. The zero-order valence-corrected chi connectivity index (χ0v) is 11.5. The van der Waals surface area contributed by atoms with Crippen LogP contribution in [0, 0.1) is 0 Å². The van der Waals surface area contributed by atoms with Gasteiger partial charge in [0.1, 0.15) is 5.70 Å². The molecule has 4 N–H and O–H groups in total. The van der Waals surface area contributed by atoms with Gasteiger partial charge in [0.25, 0.3) is 0 Å². The standard InChI is InChI=1S/C14H18N2O4/c1-9(18)16-13(14(19)20-2)8-10-3-4-12(15)11(7-10)5-6-17/h3-4,7-8,17H,5-6,15H2,1-2H3,(H,16,18)/b13-8+. The Balaban J connectivity index is 3.12. The molecule has 20 heavy (non-hydrogen) atoms. The molecule has 108 valence electrons. The van der Waals surface area contributed by atoms with Gasteiger partial charge in [-0.1, -0.05) is 6.07 Å². The molecule has 0 fully saturated rings. The molecular weight excluding hydrogens is 260 g/mol. The number of benzene rings is 1. The van der Waals surface area contributed by atoms with Gasteiger partial charge in [-0.2, -0.15) is 0 Å². The number of aliphatic hydroxyl groups is 1. The summed E-state index contributed by atoms with van der Waals surface area (Å²) >= 11 is 0. The van der Waals surface area contributed by atoms with Crippen LogP contribution >= 0.6 is 0 Å². The Morgan fingerprint density at radius 1 is 1.45 bits per heavy atom. The Morgan fingerprint density at radius 3 is 2.70 bits per heavy atom. The number of hydrogen-bond acceptors (Lipinski definition) is 5. The minimum Gasteiger partial charge on any atom is -0.464 e. The number of amides is 1. The summed E-state index contributed by atoms with van der Waals surface area (Å²) in [6.45, 7) is 1.28. The third kappa shape index (κ3) is 4.40. The Morgan fingerprint density at radius 2 is 2.15 bits per heavy atom. The van der Waals surface area contributed by atoms with Crippen molar-refractivity contribution in [1.82, 2.24) is 5.32 Å². The van der Waals surface area contributed by atoms with Crippen molar-refractivity contribution in [3.8, 4) is 0 Å². The van der Waals surface area contributed by atoms with Crippen LogP contribution < -0.4 is 11.1 Å². The van der Waals surface area contributed by atoms with E-state index in [1.165, 1.54) is 20.1 Å². The van der Waals surface area contributed by atoms with Crippen LogP contribution in [0.5, 0.6) is 0 Å². The molecule has 0 heterocycles. The van der Waals surface area contributed by atoms with Gasteiger partial charge in [-0.05, 0) is 35.8 Å². The summed E-state index contributed by atoms with van der Waals surface area (Å²) in [5, 5.41) is 11.4. The molecule has 6 nitrogen and oxygen atoms in total. The second kappa shape index (κ2) is 7.30. The quantitative estimate of drug-likeness (QED) is 0.412. The van der Waals surface area contributed by atoms with Crippen molar-refractivity contribution in [3.05, 3.63) is 35.0 Å². The van der Waals surface area contributed by atoms with Gasteiger partial charge in [0.15, 0.2) is 0 Å². The van der Waals surface area contributed by atoms with Crippen molar-refractivity contribution in [2.24, 2.45) is 0 Å². The van der Waals surface area contributed by atoms with Crippen LogP contribution in [0.2, 0.25) is 0 Å². The number of nitrogens with one attached hydrogen (secondary N) is 1. The molecule has 0 aliphatic rings. The topological polar surface area (TPSA) is 102 Å². The molecule has 0 saturated heterocycles. The van der Waals surface area contributed by atoms with Crippen molar-refractivity contribution >= 4 is 23.6 Å². The van der Waals surface area contributed by atoms with E-state index in [4.69, 9.17) is 10.8 Å². The van der Waals surface area contributed by atoms with Crippen LogP contribution in [-0.4, -0.2) is 30.7 Å². The molecule has 1 amide bonds. The fraction of sp³-hybridized carbons (Fsp3) is 0.286. The third-order valence-electron chi connectivity index (χ3n) is 2.58. The lowest BCUT2D eigenvalue weighted by molar-refractivity contribution is -0.137. The molecule has 0 aliphatic heterocycles. The fourth-order valence-electron chi connectivity index (χ4n) is 1.66. The third-order valence-corrected chi connectivity index (χ3v) is 2.58. The van der Waals surface area contributed by atoms with Crippen LogP contribution in [0.1, 0.15) is 18.1 Å². The van der Waals surface area contributed by atoms with Gasteiger partial charge in [-0.25, -0.2) is 4.79 Å². The van der Waals surface area contributed by atoms with E-state index >= 15 is 0 Å². The molecule has 0 unspecified atom stereocenters. The Bertz CT molecular complexity index is 538. The summed E-state index contributed by atoms with van der Waals surface area (Å²) in [5.41, 5.74) is 7.84. The van der Waals surface area contributed by atoms with E-state index in [-0.39, 0.29) is 18.2 Å². The van der Waals surface area contributed by atoms with Crippen molar-refractivity contribution in [3.63, 3.8) is 0 Å². The number of nitrogen functional groups attached to an aromatic ring is 1. The number of aliphatic hydroxyl groups excluding tert-OH is 1. The predicted molar refractivity (Wildman–Crippen MR) is 75.5 cm³/mol. The normalized spacial score (nSPS) is 11.1. The maximum absolute atomic E-state index is 11.6. The molecule has 0 bridgehead atoms. The zero-order chi connectivity index (χ0) is 15.1. The molecule has 1 aromatic rings. The van der Waals surface area contributed by atoms with E-state index < -0.39 is 5.97 Å². The zero-order valence-electron chi connectivity index (χ0n) is 11.5. The second-order valence-electron chi connectivity index (χ2n) is 4.16. The summed E-state index contributed by atoms with van der Waals surface area (Å²) in [6.07, 6.45) is 1.91. The Kier molecular flexibility index (Phi) is 5.74. The van der Waals surface area contributed by atoms with E-state index in [1.54, 1.807) is 18.2 Å². The SMILES string of the molecule is COC(=O)/C(=C\c1ccc(N)c(CCO)c1)NC(C)=O. The van der Waals surface area contributed by atoms with Crippen LogP contribution in [0.3, 0.4) is 0 Å². The van der Waals surface area contributed by atoms with Crippen molar-refractivity contribution < 1.29 is 19.4 Å². The van der Waals surface area contributed by atoms with Gasteiger partial charge in [0, 0.05) is 19.2 Å². The molecule has 1 aromatic carbocycles. The van der Waals surface area contributed by atoms with Crippen molar-refractivity contribution in [2.45, 2.75) is 13.3 Å². The molecule has 1 rings (SSSR count). The first kappa shape index (κ1) is 15.7. The van der Waals surface area contributed by atoms with Gasteiger partial charge >= 0.3 is 5.97 Å². The van der Waals surface area contributed by atoms with Gasteiger partial charge in [-0.15, -0.1) is 0 Å². The first-order valence-electron chi connectivity index (χ1n) is 6.04. The summed E-state index contributed by atoms with van der Waals surface area (Å²) in [7, 11) is 1.23. The Hall–Kier alpha value is -2.34. The van der Waals surface area contributed by atoms with Crippen LogP contribution in [0.4, 0.5) is 5.69 Å². The minimum absolute atomic E-state index is 0.0209. The highest BCUT2D eigenvalue weighted by molar-refractivity contribution is 5.97. The number of methoxy groups -OCH3 is 1.